The monoisotopic (exact) mass is 702 g/mol. The van der Waals surface area contributed by atoms with E-state index in [2.05, 4.69) is 148 Å². The molecule has 0 amide bonds. The van der Waals surface area contributed by atoms with Crippen LogP contribution in [0.4, 0.5) is 38.5 Å². The lowest BCUT2D eigenvalue weighted by molar-refractivity contribution is 0.628. The highest BCUT2D eigenvalue weighted by Gasteiger charge is 2.38. The summed E-state index contributed by atoms with van der Waals surface area (Å²) in [5.41, 5.74) is 11.8. The molecule has 9 rings (SSSR count). The van der Waals surface area contributed by atoms with E-state index in [1.807, 2.05) is 47.4 Å². The zero-order chi connectivity index (χ0) is 37.0. The second kappa shape index (κ2) is 13.3. The Hall–Kier alpha value is -6.19. The van der Waals surface area contributed by atoms with Crippen molar-refractivity contribution < 1.29 is 4.39 Å². The maximum absolute atomic E-state index is 15.6. The summed E-state index contributed by atoms with van der Waals surface area (Å²) in [6, 6.07) is 59.5. The van der Waals surface area contributed by atoms with Crippen LogP contribution in [0.5, 0.6) is 0 Å². The summed E-state index contributed by atoms with van der Waals surface area (Å²) in [6.07, 6.45) is 1.05. The zero-order valence-electron chi connectivity index (χ0n) is 31.2. The van der Waals surface area contributed by atoms with Crippen LogP contribution in [0.3, 0.4) is 0 Å². The number of benzene rings is 8. The van der Waals surface area contributed by atoms with E-state index in [4.69, 9.17) is 0 Å². The van der Waals surface area contributed by atoms with Gasteiger partial charge in [-0.05, 0) is 112 Å². The minimum atomic E-state index is -0.345. The van der Waals surface area contributed by atoms with Crippen molar-refractivity contribution in [3.05, 3.63) is 192 Å². The van der Waals surface area contributed by atoms with Gasteiger partial charge in [-0.3, -0.25) is 0 Å². The fraction of sp³-hybridized carbons (Fsp3) is 0.137. The summed E-state index contributed by atoms with van der Waals surface area (Å²) in [5, 5.41) is 4.83. The van der Waals surface area contributed by atoms with Gasteiger partial charge < -0.3 is 9.80 Å². The third-order valence-corrected chi connectivity index (χ3v) is 11.1. The SMILES string of the molecule is CC(C)Cc1ccc(N(c2cccc3ccccc23)c2cc3c(c4ccccc24)-c2ccc(N(c4ccccc4)c4ccccc4F)cc2C3(C)C)cc1. The van der Waals surface area contributed by atoms with Gasteiger partial charge in [-0.2, -0.15) is 0 Å². The third kappa shape index (κ3) is 5.63. The lowest BCUT2D eigenvalue weighted by atomic mass is 9.81. The van der Waals surface area contributed by atoms with E-state index in [9.17, 15) is 0 Å². The minimum absolute atomic E-state index is 0.259. The van der Waals surface area contributed by atoms with Crippen LogP contribution in [-0.4, -0.2) is 0 Å². The highest BCUT2D eigenvalue weighted by molar-refractivity contribution is 6.11. The van der Waals surface area contributed by atoms with E-state index in [1.54, 1.807) is 6.07 Å². The van der Waals surface area contributed by atoms with E-state index in [1.165, 1.54) is 55.4 Å². The molecule has 8 aromatic rings. The van der Waals surface area contributed by atoms with Crippen molar-refractivity contribution in [3.8, 4) is 11.1 Å². The number of anilines is 6. The summed E-state index contributed by atoms with van der Waals surface area (Å²) in [7, 11) is 0. The summed E-state index contributed by atoms with van der Waals surface area (Å²) in [4.78, 5) is 4.49. The molecule has 1 aliphatic rings. The normalized spacial score (nSPS) is 12.9. The molecule has 2 nitrogen and oxygen atoms in total. The Morgan fingerprint density at radius 1 is 0.500 bits per heavy atom. The third-order valence-electron chi connectivity index (χ3n) is 11.1. The van der Waals surface area contributed by atoms with Gasteiger partial charge in [0.1, 0.15) is 5.82 Å². The van der Waals surface area contributed by atoms with Crippen LogP contribution in [0, 0.1) is 11.7 Å². The van der Waals surface area contributed by atoms with Gasteiger partial charge >= 0.3 is 0 Å². The topological polar surface area (TPSA) is 6.48 Å². The highest BCUT2D eigenvalue weighted by atomic mass is 19.1. The molecule has 0 fully saturated rings. The van der Waals surface area contributed by atoms with Gasteiger partial charge in [0.2, 0.25) is 0 Å². The molecule has 0 N–H and O–H groups in total. The number of rotatable bonds is 8. The Balaban J connectivity index is 1.26. The molecule has 0 saturated heterocycles. The molecule has 0 atom stereocenters. The first-order chi connectivity index (χ1) is 26.3. The van der Waals surface area contributed by atoms with Crippen LogP contribution in [0.2, 0.25) is 0 Å². The molecule has 0 heterocycles. The number of fused-ring (bicyclic) bond motifs is 6. The number of para-hydroxylation sites is 2. The van der Waals surface area contributed by atoms with Gasteiger partial charge in [-0.1, -0.05) is 137 Å². The van der Waals surface area contributed by atoms with Crippen LogP contribution in [0.15, 0.2) is 170 Å². The first-order valence-corrected chi connectivity index (χ1v) is 19.0. The molecule has 0 aliphatic heterocycles. The molecule has 264 valence electrons. The van der Waals surface area contributed by atoms with Gasteiger partial charge in [0.05, 0.1) is 17.1 Å². The summed E-state index contributed by atoms with van der Waals surface area (Å²) < 4.78 is 15.6. The molecular formula is C51H43FN2. The Labute approximate surface area is 317 Å². The fourth-order valence-corrected chi connectivity index (χ4v) is 8.58. The van der Waals surface area contributed by atoms with Crippen molar-refractivity contribution >= 4 is 55.7 Å². The van der Waals surface area contributed by atoms with Crippen molar-refractivity contribution in [2.75, 3.05) is 9.80 Å². The average molecular weight is 703 g/mol. The Kier molecular flexibility index (Phi) is 8.31. The Morgan fingerprint density at radius 2 is 1.11 bits per heavy atom. The summed E-state index contributed by atoms with van der Waals surface area (Å²) in [5.74, 6) is 0.326. The molecule has 1 aliphatic carbocycles. The number of nitrogens with zero attached hydrogens (tertiary/aromatic N) is 2. The van der Waals surface area contributed by atoms with Gasteiger partial charge in [-0.25, -0.2) is 4.39 Å². The predicted molar refractivity (Wildman–Crippen MR) is 227 cm³/mol. The molecule has 0 bridgehead atoms. The average Bonchev–Trinajstić information content (AvgIpc) is 3.42. The van der Waals surface area contributed by atoms with Crippen LogP contribution in [0.25, 0.3) is 32.7 Å². The molecule has 0 unspecified atom stereocenters. The quantitative estimate of drug-likeness (QED) is 0.156. The van der Waals surface area contributed by atoms with Gasteiger partial charge in [0, 0.05) is 33.2 Å². The largest absolute Gasteiger partial charge is 0.309 e. The molecule has 3 heteroatoms. The highest BCUT2D eigenvalue weighted by Crippen LogP contribution is 2.56. The van der Waals surface area contributed by atoms with Crippen LogP contribution in [-0.2, 0) is 11.8 Å². The van der Waals surface area contributed by atoms with Crippen molar-refractivity contribution in [3.63, 3.8) is 0 Å². The number of hydrogen-bond donors (Lipinski definition) is 0. The van der Waals surface area contributed by atoms with E-state index >= 15 is 4.39 Å². The van der Waals surface area contributed by atoms with Crippen molar-refractivity contribution in [2.45, 2.75) is 39.5 Å². The van der Waals surface area contributed by atoms with Crippen molar-refractivity contribution in [1.82, 2.24) is 0 Å². The van der Waals surface area contributed by atoms with E-state index in [0.717, 1.165) is 34.9 Å². The summed E-state index contributed by atoms with van der Waals surface area (Å²) >= 11 is 0. The summed E-state index contributed by atoms with van der Waals surface area (Å²) in [6.45, 7) is 9.21. The number of hydrogen-bond acceptors (Lipinski definition) is 2. The van der Waals surface area contributed by atoms with Gasteiger partial charge in [-0.15, -0.1) is 0 Å². The first kappa shape index (κ1) is 33.6. The fourth-order valence-electron chi connectivity index (χ4n) is 8.58. The van der Waals surface area contributed by atoms with Gasteiger partial charge in [0.25, 0.3) is 0 Å². The molecule has 0 spiro atoms. The minimum Gasteiger partial charge on any atom is -0.309 e. The maximum Gasteiger partial charge on any atom is 0.147 e. The molecular weight excluding hydrogens is 660 g/mol. The van der Waals surface area contributed by atoms with E-state index in [-0.39, 0.29) is 11.2 Å². The molecule has 0 saturated carbocycles. The van der Waals surface area contributed by atoms with Gasteiger partial charge in [0.15, 0.2) is 0 Å². The van der Waals surface area contributed by atoms with Crippen LogP contribution < -0.4 is 9.80 Å². The number of halogens is 1. The lowest BCUT2D eigenvalue weighted by Gasteiger charge is -2.31. The van der Waals surface area contributed by atoms with Crippen LogP contribution >= 0.6 is 0 Å². The molecule has 0 radical (unpaired) electrons. The second-order valence-corrected chi connectivity index (χ2v) is 15.4. The standard InChI is InChI=1S/C51H43FN2/c1-34(2)31-35-25-27-38(28-26-35)54(47-24-14-16-36-15-8-9-19-40(36)47)49-33-45-50(42-21-11-10-20-41(42)49)43-30-29-39(32-44(43)51(45,3)4)53(37-17-6-5-7-18-37)48-23-13-12-22-46(48)52/h5-30,32-34H,31H2,1-4H3. The molecule has 8 aromatic carbocycles. The van der Waals surface area contributed by atoms with Crippen molar-refractivity contribution in [2.24, 2.45) is 5.92 Å². The predicted octanol–water partition coefficient (Wildman–Crippen LogP) is 14.6. The first-order valence-electron chi connectivity index (χ1n) is 19.0. The maximum atomic E-state index is 15.6. The van der Waals surface area contributed by atoms with E-state index < -0.39 is 0 Å². The molecule has 0 aromatic heterocycles. The zero-order valence-corrected chi connectivity index (χ0v) is 31.2. The smallest absolute Gasteiger partial charge is 0.147 e. The van der Waals surface area contributed by atoms with E-state index in [0.29, 0.717) is 11.6 Å². The van der Waals surface area contributed by atoms with Crippen molar-refractivity contribution in [1.29, 1.82) is 0 Å². The lowest BCUT2D eigenvalue weighted by Crippen LogP contribution is -2.18. The second-order valence-electron chi connectivity index (χ2n) is 15.4. The molecule has 54 heavy (non-hydrogen) atoms. The Morgan fingerprint density at radius 3 is 1.87 bits per heavy atom. The van der Waals surface area contributed by atoms with Crippen LogP contribution in [0.1, 0.15) is 44.4 Å². The Bertz CT molecular complexity index is 2650.